The van der Waals surface area contributed by atoms with E-state index in [4.69, 9.17) is 9.47 Å². The summed E-state index contributed by atoms with van der Waals surface area (Å²) in [6.07, 6.45) is 3.72. The molecule has 2 aromatic heterocycles. The van der Waals surface area contributed by atoms with Crippen LogP contribution in [-0.4, -0.2) is 27.7 Å². The van der Waals surface area contributed by atoms with Crippen molar-refractivity contribution in [1.29, 1.82) is 0 Å². The number of esters is 1. The van der Waals surface area contributed by atoms with Gasteiger partial charge in [-0.3, -0.25) is 4.98 Å². The van der Waals surface area contributed by atoms with E-state index in [9.17, 15) is 4.79 Å². The van der Waals surface area contributed by atoms with E-state index in [1.807, 2.05) is 51.4 Å². The van der Waals surface area contributed by atoms with Crippen molar-refractivity contribution in [1.82, 2.24) is 9.55 Å². The summed E-state index contributed by atoms with van der Waals surface area (Å²) in [5, 5.41) is 4.56. The standard InChI is InChI=1S/C23H24N2O3/c1-14-17-8-9-24-12-15(17)10-19-18-11-16(6-7-20(18)25(5)22(14)19)27-13-21(26)28-23(2,3)4/h6-12H,13H2,1-5H3. The van der Waals surface area contributed by atoms with Crippen LogP contribution in [0.25, 0.3) is 32.6 Å². The van der Waals surface area contributed by atoms with Crippen LogP contribution in [0.3, 0.4) is 0 Å². The Morgan fingerprint density at radius 3 is 2.64 bits per heavy atom. The molecule has 0 N–H and O–H groups in total. The fourth-order valence-corrected chi connectivity index (χ4v) is 3.80. The Balaban J connectivity index is 1.77. The smallest absolute Gasteiger partial charge is 0.344 e. The van der Waals surface area contributed by atoms with Gasteiger partial charge in [-0.1, -0.05) is 0 Å². The van der Waals surface area contributed by atoms with Crippen LogP contribution in [0.5, 0.6) is 5.75 Å². The van der Waals surface area contributed by atoms with E-state index in [-0.39, 0.29) is 12.6 Å². The number of carbonyl (C=O) groups excluding carboxylic acids is 1. The Kier molecular flexibility index (Phi) is 4.26. The van der Waals surface area contributed by atoms with Crippen LogP contribution < -0.4 is 4.74 Å². The van der Waals surface area contributed by atoms with Crippen molar-refractivity contribution in [3.05, 3.63) is 48.3 Å². The van der Waals surface area contributed by atoms with E-state index in [2.05, 4.69) is 35.7 Å². The van der Waals surface area contributed by atoms with Crippen LogP contribution in [-0.2, 0) is 16.6 Å². The summed E-state index contributed by atoms with van der Waals surface area (Å²) in [5.74, 6) is 0.272. The first-order valence-corrected chi connectivity index (χ1v) is 9.35. The molecule has 0 unspecified atom stereocenters. The lowest BCUT2D eigenvalue weighted by molar-refractivity contribution is -0.157. The van der Waals surface area contributed by atoms with Gasteiger partial charge in [0.1, 0.15) is 11.4 Å². The molecule has 0 fully saturated rings. The molecular formula is C23H24N2O3. The molecule has 0 saturated carbocycles. The van der Waals surface area contributed by atoms with Crippen LogP contribution in [0.2, 0.25) is 0 Å². The predicted octanol–water partition coefficient (Wildman–Crippen LogP) is 4.91. The SMILES string of the molecule is Cc1c2ccncc2cc2c3cc(OCC(=O)OC(C)(C)C)ccc3n(C)c12. The number of pyridine rings is 1. The van der Waals surface area contributed by atoms with E-state index in [1.54, 1.807) is 0 Å². The van der Waals surface area contributed by atoms with Crippen LogP contribution in [0.4, 0.5) is 0 Å². The zero-order valence-electron chi connectivity index (χ0n) is 16.9. The molecule has 0 aliphatic rings. The normalized spacial score (nSPS) is 12.0. The monoisotopic (exact) mass is 376 g/mol. The van der Waals surface area contributed by atoms with Gasteiger partial charge in [-0.05, 0) is 69.0 Å². The zero-order chi connectivity index (χ0) is 20.1. The fraction of sp³-hybridized carbons (Fsp3) is 0.304. The lowest BCUT2D eigenvalue weighted by Crippen LogP contribution is -2.27. The third kappa shape index (κ3) is 3.17. The molecule has 0 aliphatic heterocycles. The summed E-state index contributed by atoms with van der Waals surface area (Å²) >= 11 is 0. The fourth-order valence-electron chi connectivity index (χ4n) is 3.80. The number of rotatable bonds is 3. The minimum Gasteiger partial charge on any atom is -0.482 e. The third-order valence-corrected chi connectivity index (χ3v) is 4.90. The first-order chi connectivity index (χ1) is 13.2. The molecule has 0 spiro atoms. The Labute approximate surface area is 163 Å². The summed E-state index contributed by atoms with van der Waals surface area (Å²) in [6, 6.07) is 10.1. The van der Waals surface area contributed by atoms with E-state index in [0.717, 1.165) is 21.7 Å². The quantitative estimate of drug-likeness (QED) is 0.477. The second kappa shape index (κ2) is 6.51. The van der Waals surface area contributed by atoms with E-state index >= 15 is 0 Å². The largest absolute Gasteiger partial charge is 0.482 e. The van der Waals surface area contributed by atoms with Crippen LogP contribution >= 0.6 is 0 Å². The van der Waals surface area contributed by atoms with Gasteiger partial charge in [0.05, 0.1) is 5.52 Å². The molecule has 2 aromatic carbocycles. The van der Waals surface area contributed by atoms with Crippen molar-refractivity contribution < 1.29 is 14.3 Å². The van der Waals surface area contributed by atoms with Gasteiger partial charge < -0.3 is 14.0 Å². The molecule has 4 rings (SSSR count). The summed E-state index contributed by atoms with van der Waals surface area (Å²) in [5.41, 5.74) is 3.01. The number of benzene rings is 2. The molecule has 0 amide bonds. The van der Waals surface area contributed by atoms with E-state index < -0.39 is 5.60 Å². The van der Waals surface area contributed by atoms with Crippen molar-refractivity contribution in [3.8, 4) is 5.75 Å². The number of aromatic nitrogens is 2. The molecule has 5 nitrogen and oxygen atoms in total. The molecule has 0 radical (unpaired) electrons. The number of ether oxygens (including phenoxy) is 2. The van der Waals surface area contributed by atoms with E-state index in [1.165, 1.54) is 16.5 Å². The highest BCUT2D eigenvalue weighted by atomic mass is 16.6. The second-order valence-electron chi connectivity index (χ2n) is 8.11. The molecular weight excluding hydrogens is 352 g/mol. The maximum absolute atomic E-state index is 11.9. The highest BCUT2D eigenvalue weighted by Crippen LogP contribution is 2.36. The minimum absolute atomic E-state index is 0.112. The van der Waals surface area contributed by atoms with Gasteiger partial charge in [-0.15, -0.1) is 0 Å². The number of aryl methyl sites for hydroxylation is 2. The van der Waals surface area contributed by atoms with Gasteiger partial charge >= 0.3 is 5.97 Å². The van der Waals surface area contributed by atoms with Gasteiger partial charge in [-0.2, -0.15) is 0 Å². The summed E-state index contributed by atoms with van der Waals surface area (Å²) in [4.78, 5) is 16.2. The molecule has 0 bridgehead atoms. The van der Waals surface area contributed by atoms with Crippen LogP contribution in [0, 0.1) is 6.92 Å². The highest BCUT2D eigenvalue weighted by Gasteiger charge is 2.17. The Bertz CT molecular complexity index is 1220. The lowest BCUT2D eigenvalue weighted by Gasteiger charge is -2.19. The molecule has 5 heteroatoms. The van der Waals surface area contributed by atoms with Gasteiger partial charge in [0.25, 0.3) is 0 Å². The molecule has 28 heavy (non-hydrogen) atoms. The second-order valence-corrected chi connectivity index (χ2v) is 8.11. The van der Waals surface area contributed by atoms with Crippen molar-refractivity contribution in [2.24, 2.45) is 7.05 Å². The van der Waals surface area contributed by atoms with Gasteiger partial charge in [0.15, 0.2) is 6.61 Å². The molecule has 0 aliphatic carbocycles. The number of hydrogen-bond donors (Lipinski definition) is 0. The predicted molar refractivity (Wildman–Crippen MR) is 112 cm³/mol. The zero-order valence-corrected chi connectivity index (χ0v) is 16.9. The van der Waals surface area contributed by atoms with Gasteiger partial charge in [0, 0.05) is 41.1 Å². The maximum Gasteiger partial charge on any atom is 0.344 e. The van der Waals surface area contributed by atoms with E-state index in [0.29, 0.717) is 5.75 Å². The van der Waals surface area contributed by atoms with Gasteiger partial charge in [-0.25, -0.2) is 4.79 Å². The molecule has 2 heterocycles. The third-order valence-electron chi connectivity index (χ3n) is 4.90. The summed E-state index contributed by atoms with van der Waals surface area (Å²) in [6.45, 7) is 7.56. The highest BCUT2D eigenvalue weighted by molar-refractivity contribution is 6.14. The van der Waals surface area contributed by atoms with Crippen molar-refractivity contribution in [2.45, 2.75) is 33.3 Å². The first-order valence-electron chi connectivity index (χ1n) is 9.35. The molecule has 4 aromatic rings. The van der Waals surface area contributed by atoms with Gasteiger partial charge in [0.2, 0.25) is 0 Å². The number of hydrogen-bond acceptors (Lipinski definition) is 4. The topological polar surface area (TPSA) is 53.4 Å². The number of fused-ring (bicyclic) bond motifs is 4. The molecule has 0 atom stereocenters. The average Bonchev–Trinajstić information content (AvgIpc) is 2.91. The van der Waals surface area contributed by atoms with Crippen LogP contribution in [0.15, 0.2) is 42.7 Å². The first kappa shape index (κ1) is 18.3. The van der Waals surface area contributed by atoms with Crippen molar-refractivity contribution in [2.75, 3.05) is 6.61 Å². The van der Waals surface area contributed by atoms with Crippen molar-refractivity contribution in [3.63, 3.8) is 0 Å². The Morgan fingerprint density at radius 2 is 1.89 bits per heavy atom. The lowest BCUT2D eigenvalue weighted by atomic mass is 10.0. The average molecular weight is 376 g/mol. The summed E-state index contributed by atoms with van der Waals surface area (Å²) in [7, 11) is 2.08. The number of carbonyl (C=O) groups is 1. The Hall–Kier alpha value is -3.08. The number of nitrogens with zero attached hydrogens (tertiary/aromatic N) is 2. The van der Waals surface area contributed by atoms with Crippen molar-refractivity contribution >= 4 is 38.5 Å². The minimum atomic E-state index is -0.521. The molecule has 144 valence electrons. The summed E-state index contributed by atoms with van der Waals surface area (Å²) < 4.78 is 13.2. The maximum atomic E-state index is 11.9. The van der Waals surface area contributed by atoms with Crippen LogP contribution in [0.1, 0.15) is 26.3 Å². The Morgan fingerprint density at radius 1 is 1.11 bits per heavy atom. The molecule has 0 saturated heterocycles.